The number of carbonyl (C=O) groups excluding carboxylic acids is 1. The molecule has 0 aromatic heterocycles. The van der Waals surface area contributed by atoms with E-state index in [0.29, 0.717) is 49.3 Å². The Labute approximate surface area is 385 Å². The first-order valence-electron chi connectivity index (χ1n) is 21.2. The molecule has 1 aliphatic heterocycles. The van der Waals surface area contributed by atoms with E-state index < -0.39 is 40.3 Å². The van der Waals surface area contributed by atoms with E-state index in [4.69, 9.17) is 27.9 Å². The van der Waals surface area contributed by atoms with Gasteiger partial charge in [0, 0.05) is 61.6 Å². The third-order valence-corrected chi connectivity index (χ3v) is 15.6. The molecule has 0 unspecified atom stereocenters. The fourth-order valence-electron chi connectivity index (χ4n) is 8.36. The minimum atomic E-state index is -5.57. The Kier molecular flexibility index (Phi) is 14.2. The van der Waals surface area contributed by atoms with Crippen LogP contribution in [-0.4, -0.2) is 97.2 Å². The quantitative estimate of drug-likeness (QED) is 0.0828. The number of hydrogen-bond donors (Lipinski definition) is 2. The van der Waals surface area contributed by atoms with Gasteiger partial charge in [0.25, 0.3) is 25.8 Å². The van der Waals surface area contributed by atoms with Gasteiger partial charge in [0.15, 0.2) is 0 Å². The highest BCUT2D eigenvalue weighted by Crippen LogP contribution is 2.44. The van der Waals surface area contributed by atoms with Gasteiger partial charge in [-0.25, -0.2) is 21.6 Å². The number of halogens is 4. The number of amides is 1. The number of sulfone groups is 1. The van der Waals surface area contributed by atoms with Crippen LogP contribution in [0.5, 0.6) is 11.5 Å². The van der Waals surface area contributed by atoms with Crippen molar-refractivity contribution < 1.29 is 35.1 Å². The molecular formula is C47H53Cl2F2N5O6S2. The van der Waals surface area contributed by atoms with Crippen LogP contribution in [0.3, 0.4) is 0 Å². The molecule has 0 saturated carbocycles. The van der Waals surface area contributed by atoms with Crippen LogP contribution in [0.15, 0.2) is 100 Å². The summed E-state index contributed by atoms with van der Waals surface area (Å²) in [5, 5.41) is 3.50. The lowest BCUT2D eigenvalue weighted by Gasteiger charge is -2.39. The lowest BCUT2D eigenvalue weighted by atomic mass is 9.72. The van der Waals surface area contributed by atoms with Crippen molar-refractivity contribution in [1.29, 1.82) is 0 Å². The van der Waals surface area contributed by atoms with Crippen LogP contribution in [-0.2, 0) is 26.3 Å². The maximum absolute atomic E-state index is 14.3. The minimum absolute atomic E-state index is 0.0891. The van der Waals surface area contributed by atoms with Crippen LogP contribution < -0.4 is 19.7 Å². The summed E-state index contributed by atoms with van der Waals surface area (Å²) in [5.74, 6) is -0.518. The number of fused-ring (bicyclic) bond motifs is 1. The van der Waals surface area contributed by atoms with E-state index in [0.717, 1.165) is 67.8 Å². The monoisotopic (exact) mass is 955 g/mol. The van der Waals surface area contributed by atoms with Gasteiger partial charge < -0.3 is 19.9 Å². The van der Waals surface area contributed by atoms with Crippen LogP contribution in [0.25, 0.3) is 11.6 Å². The second-order valence-corrected chi connectivity index (χ2v) is 22.3. The van der Waals surface area contributed by atoms with Gasteiger partial charge in [0.2, 0.25) is 0 Å². The largest absolute Gasteiger partial charge is 0.456 e. The molecule has 0 spiro atoms. The van der Waals surface area contributed by atoms with Crippen molar-refractivity contribution in [2.75, 3.05) is 70.1 Å². The van der Waals surface area contributed by atoms with Crippen molar-refractivity contribution in [3.63, 3.8) is 0 Å². The Morgan fingerprint density at radius 2 is 1.67 bits per heavy atom. The predicted molar refractivity (Wildman–Crippen MR) is 251 cm³/mol. The molecule has 0 atom stereocenters. The predicted octanol–water partition coefficient (Wildman–Crippen LogP) is 9.53. The summed E-state index contributed by atoms with van der Waals surface area (Å²) in [7, 11) is -6.75. The Balaban J connectivity index is 1.13. The smallest absolute Gasteiger partial charge is 0.427 e. The maximum Gasteiger partial charge on any atom is 0.427 e. The molecule has 342 valence electrons. The molecule has 2 N–H and O–H groups in total. The van der Waals surface area contributed by atoms with E-state index in [1.807, 2.05) is 60.1 Å². The first-order valence-corrected chi connectivity index (χ1v) is 24.9. The lowest BCUT2D eigenvalue weighted by Crippen LogP contribution is -2.47. The number of rotatable bonds is 16. The van der Waals surface area contributed by atoms with Gasteiger partial charge in [-0.15, -0.1) is 0 Å². The van der Waals surface area contributed by atoms with Crippen LogP contribution in [0.1, 0.15) is 66.6 Å². The Hall–Kier alpha value is -4.51. The first kappa shape index (κ1) is 47.5. The average Bonchev–Trinajstić information content (AvgIpc) is 3.73. The molecule has 1 saturated heterocycles. The Morgan fingerprint density at radius 1 is 0.938 bits per heavy atom. The van der Waals surface area contributed by atoms with Crippen molar-refractivity contribution in [2.45, 2.75) is 60.5 Å². The molecule has 64 heavy (non-hydrogen) atoms. The lowest BCUT2D eigenvalue weighted by molar-refractivity contribution is 0.0979. The van der Waals surface area contributed by atoms with Crippen molar-refractivity contribution >= 4 is 72.0 Å². The molecule has 2 aliphatic carbocycles. The second-order valence-electron chi connectivity index (χ2n) is 17.5. The second kappa shape index (κ2) is 19.1. The highest BCUT2D eigenvalue weighted by molar-refractivity contribution is 7.94. The topological polar surface area (TPSA) is 128 Å². The van der Waals surface area contributed by atoms with E-state index in [-0.39, 0.29) is 29.0 Å². The summed E-state index contributed by atoms with van der Waals surface area (Å²) in [6.45, 7) is 9.22. The molecule has 7 rings (SSSR count). The summed E-state index contributed by atoms with van der Waals surface area (Å²) in [5.41, 5.74) is 6.48. The molecule has 1 amide bonds. The van der Waals surface area contributed by atoms with E-state index in [9.17, 15) is 30.4 Å². The SMILES string of the molecule is CN(C)CCCNc1ccc(S(=O)(=O)NC(=O)c2ccc(N3CCN(CC4=C(c5ccc(Cl)cc5)CC(C)(C)CC4)CC3)cc2Oc2cccc3c2C=CC3)cc1S(=O)(=O)C(F)(F)Cl. The zero-order chi connectivity index (χ0) is 46.0. The standard InChI is InChI=1S/C47H53Cl2F2N5O6S2/c1-46(2)21-20-34(40(30-46)33-12-14-35(48)15-13-33)31-55-24-26-56(27-25-55)36-16-18-39(43(28-36)62-42-11-6-9-32-8-5-10-38(32)42)45(57)53-64(60,61)37-17-19-41(52-22-7-23-54(3)4)44(29-37)63(58,59)47(49,50)51/h5-6,9-19,28-29,52H,7-8,20-27,30-31H2,1-4H3,(H,53,57). The number of alkyl halides is 3. The molecule has 0 bridgehead atoms. The fraction of sp³-hybridized carbons (Fsp3) is 0.383. The number of anilines is 2. The number of piperazine rings is 1. The molecule has 4 aromatic carbocycles. The van der Waals surface area contributed by atoms with Crippen LogP contribution in [0.4, 0.5) is 20.2 Å². The molecule has 4 aromatic rings. The molecular weight excluding hydrogens is 904 g/mol. The molecule has 1 fully saturated rings. The zero-order valence-electron chi connectivity index (χ0n) is 36.3. The minimum Gasteiger partial charge on any atom is -0.456 e. The maximum atomic E-state index is 14.3. The highest BCUT2D eigenvalue weighted by Gasteiger charge is 2.46. The molecule has 11 nitrogen and oxygen atoms in total. The van der Waals surface area contributed by atoms with Gasteiger partial charge in [-0.2, -0.15) is 8.78 Å². The Bertz CT molecular complexity index is 2680. The van der Waals surface area contributed by atoms with Crippen molar-refractivity contribution in [1.82, 2.24) is 14.5 Å². The van der Waals surface area contributed by atoms with Crippen LogP contribution in [0, 0.1) is 5.41 Å². The molecule has 0 radical (unpaired) electrons. The van der Waals surface area contributed by atoms with E-state index >= 15 is 0 Å². The molecule has 1 heterocycles. The third-order valence-electron chi connectivity index (χ3n) is 11.9. The van der Waals surface area contributed by atoms with Gasteiger partial charge in [-0.1, -0.05) is 67.4 Å². The molecule has 17 heteroatoms. The highest BCUT2D eigenvalue weighted by atomic mass is 35.5. The van der Waals surface area contributed by atoms with Crippen molar-refractivity contribution in [3.8, 4) is 11.5 Å². The number of nitrogens with one attached hydrogen (secondary N) is 2. The van der Waals surface area contributed by atoms with Crippen molar-refractivity contribution in [3.05, 3.63) is 118 Å². The number of benzene rings is 4. The van der Waals surface area contributed by atoms with Gasteiger partial charge in [0.05, 0.1) is 21.0 Å². The van der Waals surface area contributed by atoms with E-state index in [1.165, 1.54) is 22.8 Å². The van der Waals surface area contributed by atoms with Gasteiger partial charge >= 0.3 is 4.71 Å². The summed E-state index contributed by atoms with van der Waals surface area (Å²) in [6.07, 6.45) is 8.27. The average molecular weight is 957 g/mol. The van der Waals surface area contributed by atoms with Gasteiger partial charge in [0.1, 0.15) is 11.5 Å². The normalized spacial score (nSPS) is 16.9. The number of allylic oxidation sites excluding steroid dienone is 2. The molecule has 3 aliphatic rings. The van der Waals surface area contributed by atoms with E-state index in [1.54, 1.807) is 18.2 Å². The summed E-state index contributed by atoms with van der Waals surface area (Å²) < 4.78 is 85.8. The number of sulfonamides is 1. The third kappa shape index (κ3) is 10.9. The fourth-order valence-corrected chi connectivity index (χ4v) is 10.8. The zero-order valence-corrected chi connectivity index (χ0v) is 39.4. The van der Waals surface area contributed by atoms with Gasteiger partial charge in [-0.05, 0) is 135 Å². The number of ether oxygens (including phenoxy) is 1. The number of carbonyl (C=O) groups is 1. The van der Waals surface area contributed by atoms with Crippen LogP contribution in [0.2, 0.25) is 5.02 Å². The van der Waals surface area contributed by atoms with E-state index in [2.05, 4.69) is 41.1 Å². The number of nitrogens with zero attached hydrogens (tertiary/aromatic N) is 3. The number of hydrogen-bond acceptors (Lipinski definition) is 10. The van der Waals surface area contributed by atoms with Crippen LogP contribution >= 0.6 is 23.2 Å². The summed E-state index contributed by atoms with van der Waals surface area (Å²) in [4.78, 5) is 18.8. The Morgan fingerprint density at radius 3 is 2.38 bits per heavy atom. The summed E-state index contributed by atoms with van der Waals surface area (Å²) >= 11 is 11.3. The first-order chi connectivity index (χ1) is 30.2. The van der Waals surface area contributed by atoms with Crippen molar-refractivity contribution in [2.24, 2.45) is 5.41 Å². The van der Waals surface area contributed by atoms with Gasteiger partial charge in [-0.3, -0.25) is 9.69 Å². The summed E-state index contributed by atoms with van der Waals surface area (Å²) in [6, 6.07) is 21.3.